The van der Waals surface area contributed by atoms with Crippen LogP contribution in [0.5, 0.6) is 0 Å². The van der Waals surface area contributed by atoms with E-state index in [4.69, 9.17) is 27.9 Å². The van der Waals surface area contributed by atoms with Crippen molar-refractivity contribution in [3.05, 3.63) is 0 Å². The van der Waals surface area contributed by atoms with Crippen LogP contribution in [0.15, 0.2) is 8.68 Å². The highest BCUT2D eigenvalue weighted by Crippen LogP contribution is 2.30. The molecule has 1 aromatic heterocycles. The van der Waals surface area contributed by atoms with Gasteiger partial charge in [0.25, 0.3) is 0 Å². The Labute approximate surface area is 426 Å². The second kappa shape index (κ2) is 44.7. The molecule has 0 bridgehead atoms. The maximum absolute atomic E-state index is 6.14. The minimum absolute atomic E-state index is 0.0429. The van der Waals surface area contributed by atoms with Gasteiger partial charge in [-0.1, -0.05) is 241 Å². The summed E-state index contributed by atoms with van der Waals surface area (Å²) in [5.74, 6) is 1.50. The highest BCUT2D eigenvalue weighted by Gasteiger charge is 2.28. The number of nitrogens with zero attached hydrogens (tertiary/aromatic N) is 4. The van der Waals surface area contributed by atoms with E-state index in [1.165, 1.54) is 205 Å². The number of hydrogen-bond donors (Lipinski definition) is 0. The molecule has 10 nitrogen and oxygen atoms in total. The number of hydrogen-bond acceptors (Lipinski definition) is 13. The van der Waals surface area contributed by atoms with Crippen molar-refractivity contribution in [2.24, 2.45) is 0 Å². The topological polar surface area (TPSA) is 87.6 Å². The first-order valence-electron chi connectivity index (χ1n) is 28.4. The van der Waals surface area contributed by atoms with Crippen LogP contribution in [0.1, 0.15) is 233 Å². The van der Waals surface area contributed by atoms with Crippen molar-refractivity contribution in [1.82, 2.24) is 20.0 Å². The highest BCUT2D eigenvalue weighted by molar-refractivity contribution is 8.03. The highest BCUT2D eigenvalue weighted by atomic mass is 32.2. The van der Waals surface area contributed by atoms with Crippen LogP contribution in [0.3, 0.4) is 0 Å². The summed E-state index contributed by atoms with van der Waals surface area (Å²) in [5.41, 5.74) is 0. The molecular formula is C52H102B2N4O6S3. The van der Waals surface area contributed by atoms with Crippen molar-refractivity contribution in [1.29, 1.82) is 0 Å². The minimum atomic E-state index is -0.617. The van der Waals surface area contributed by atoms with Crippen molar-refractivity contribution in [2.45, 2.75) is 254 Å². The van der Waals surface area contributed by atoms with Gasteiger partial charge >= 0.3 is 14.6 Å². The molecule has 3 rings (SSSR count). The van der Waals surface area contributed by atoms with Crippen molar-refractivity contribution in [3.63, 3.8) is 0 Å². The quantitative estimate of drug-likeness (QED) is 0.0354. The fourth-order valence-electron chi connectivity index (χ4n) is 8.95. The molecule has 0 spiro atoms. The number of aromatic nitrogens is 2. The van der Waals surface area contributed by atoms with Crippen LogP contribution in [0.25, 0.3) is 0 Å². The van der Waals surface area contributed by atoms with Gasteiger partial charge in [-0.3, -0.25) is 9.80 Å². The average molecular weight is 997 g/mol. The molecule has 0 aromatic carbocycles. The van der Waals surface area contributed by atoms with Gasteiger partial charge in [-0.25, -0.2) is 0 Å². The van der Waals surface area contributed by atoms with Gasteiger partial charge in [0.15, 0.2) is 8.68 Å². The van der Waals surface area contributed by atoms with Crippen LogP contribution in [0, 0.1) is 0 Å². The van der Waals surface area contributed by atoms with Crippen molar-refractivity contribution in [3.8, 4) is 0 Å². The molecule has 3 heterocycles. The molecule has 2 aliphatic heterocycles. The summed E-state index contributed by atoms with van der Waals surface area (Å²) < 4.78 is 38.1. The van der Waals surface area contributed by atoms with E-state index in [0.717, 1.165) is 59.5 Å². The largest absolute Gasteiger partial charge is 0.639 e. The van der Waals surface area contributed by atoms with Crippen LogP contribution < -0.4 is 0 Å². The first kappa shape index (κ1) is 61.4. The van der Waals surface area contributed by atoms with Gasteiger partial charge < -0.3 is 27.9 Å². The van der Waals surface area contributed by atoms with Gasteiger partial charge in [-0.2, -0.15) is 0 Å². The maximum Gasteiger partial charge on any atom is 0.639 e. The Balaban J connectivity index is 1.10. The lowest BCUT2D eigenvalue weighted by molar-refractivity contribution is 0.0365. The van der Waals surface area contributed by atoms with Crippen LogP contribution in [0.4, 0.5) is 0 Å². The normalized spacial score (nSPS) is 16.8. The van der Waals surface area contributed by atoms with Crippen LogP contribution in [0.2, 0.25) is 0 Å². The predicted molar refractivity (Wildman–Crippen MR) is 290 cm³/mol. The van der Waals surface area contributed by atoms with Gasteiger partial charge in [-0.05, 0) is 39.8 Å². The Morgan fingerprint density at radius 1 is 0.433 bits per heavy atom. The van der Waals surface area contributed by atoms with E-state index < -0.39 is 14.6 Å². The predicted octanol–water partition coefficient (Wildman–Crippen LogP) is 14.7. The smallest absolute Gasteiger partial charge is 0.385 e. The van der Waals surface area contributed by atoms with Crippen LogP contribution in [-0.4, -0.2) is 124 Å². The van der Waals surface area contributed by atoms with E-state index in [0.29, 0.717) is 26.4 Å². The lowest BCUT2D eigenvalue weighted by atomic mass is 10.0. The summed E-state index contributed by atoms with van der Waals surface area (Å²) in [4.78, 5) is 4.96. The first-order chi connectivity index (χ1) is 33.1. The molecule has 0 radical (unpaired) electrons. The molecule has 0 saturated carbocycles. The molecule has 0 amide bonds. The SMILES string of the molecule is CCCCCCCCCCCCCCCCCCN1CCOB(OC(C)CSc2nnc(SCC(C)OB3OCCN(CCCCCCCCCCCCCCCCCC)CCO3)s2)OCC1. The van der Waals surface area contributed by atoms with E-state index in [1.54, 1.807) is 34.9 Å². The van der Waals surface area contributed by atoms with Crippen LogP contribution >= 0.6 is 34.9 Å². The van der Waals surface area contributed by atoms with Crippen LogP contribution in [-0.2, 0) is 27.9 Å². The van der Waals surface area contributed by atoms with Crippen molar-refractivity contribution < 1.29 is 27.9 Å². The molecule has 2 atom stereocenters. The second-order valence-electron chi connectivity index (χ2n) is 19.7. The molecule has 2 aliphatic rings. The summed E-state index contributed by atoms with van der Waals surface area (Å²) in [5, 5.41) is 8.85. The molecule has 0 aliphatic carbocycles. The summed E-state index contributed by atoms with van der Waals surface area (Å²) in [7, 11) is -1.23. The molecule has 0 N–H and O–H groups in total. The Morgan fingerprint density at radius 2 is 0.687 bits per heavy atom. The fourth-order valence-corrected chi connectivity index (χ4v) is 11.9. The Kier molecular flexibility index (Phi) is 41.0. The molecule has 15 heteroatoms. The van der Waals surface area contributed by atoms with E-state index in [2.05, 4.69) is 47.7 Å². The third-order valence-corrected chi connectivity index (χ3v) is 16.9. The molecule has 1 aromatic rings. The third kappa shape index (κ3) is 35.8. The van der Waals surface area contributed by atoms with Gasteiger partial charge in [-0.15, -0.1) is 10.2 Å². The van der Waals surface area contributed by atoms with Gasteiger partial charge in [0, 0.05) is 64.1 Å². The first-order valence-corrected chi connectivity index (χ1v) is 31.2. The van der Waals surface area contributed by atoms with Gasteiger partial charge in [0.1, 0.15) is 0 Å². The lowest BCUT2D eigenvalue weighted by Gasteiger charge is -2.27. The van der Waals surface area contributed by atoms with E-state index in [9.17, 15) is 0 Å². The zero-order valence-corrected chi connectivity index (χ0v) is 46.3. The van der Waals surface area contributed by atoms with E-state index in [1.807, 2.05) is 0 Å². The molecule has 2 saturated heterocycles. The van der Waals surface area contributed by atoms with Crippen molar-refractivity contribution >= 4 is 49.5 Å². The Hall–Kier alpha value is 0.0699. The van der Waals surface area contributed by atoms with Crippen molar-refractivity contribution in [2.75, 3.05) is 77.2 Å². The molecule has 67 heavy (non-hydrogen) atoms. The van der Waals surface area contributed by atoms with Gasteiger partial charge in [0.05, 0.1) is 12.2 Å². The molecule has 390 valence electrons. The summed E-state index contributed by atoms with van der Waals surface area (Å²) in [6, 6.07) is 0. The fraction of sp³-hybridized carbons (Fsp3) is 0.962. The zero-order chi connectivity index (χ0) is 47.5. The minimum Gasteiger partial charge on any atom is -0.385 e. The maximum atomic E-state index is 6.14. The Morgan fingerprint density at radius 3 is 0.955 bits per heavy atom. The monoisotopic (exact) mass is 997 g/mol. The zero-order valence-electron chi connectivity index (χ0n) is 43.9. The number of unbranched alkanes of at least 4 members (excludes halogenated alkanes) is 30. The number of thioether (sulfide) groups is 2. The second-order valence-corrected chi connectivity index (χ2v) is 23.2. The molecular weight excluding hydrogens is 894 g/mol. The summed E-state index contributed by atoms with van der Waals surface area (Å²) in [6.45, 7) is 17.2. The summed E-state index contributed by atoms with van der Waals surface area (Å²) >= 11 is 4.95. The van der Waals surface area contributed by atoms with Gasteiger partial charge in [0.2, 0.25) is 0 Å². The Bertz CT molecular complexity index is 1110. The number of rotatable bonds is 44. The third-order valence-electron chi connectivity index (χ3n) is 13.3. The molecule has 2 unspecified atom stereocenters. The summed E-state index contributed by atoms with van der Waals surface area (Å²) in [6.07, 6.45) is 44.8. The van der Waals surface area contributed by atoms with E-state index >= 15 is 0 Å². The lowest BCUT2D eigenvalue weighted by Crippen LogP contribution is -2.41. The standard InChI is InChI=1S/C52H102B2N4O6S3/c1-5-7-9-11-13-15-17-19-21-23-25-27-29-31-33-35-37-57-39-43-59-53(60-44-40-57)63-49(3)47-65-51-55-56-52(67-51)66-48-50(4)64-54-61-45-41-58(42-46-62-54)38-36-34-32-30-28-26-24-22-20-18-16-14-12-10-8-6-2/h49-50H,5-48H2,1-4H3. The molecule has 2 fully saturated rings. The average Bonchev–Trinajstić information content (AvgIpc) is 3.78. The van der Waals surface area contributed by atoms with E-state index in [-0.39, 0.29) is 12.2 Å².